The van der Waals surface area contributed by atoms with Gasteiger partial charge in [-0.1, -0.05) is 30.3 Å². The lowest BCUT2D eigenvalue weighted by Crippen LogP contribution is -2.50. The van der Waals surface area contributed by atoms with Crippen LogP contribution in [0.15, 0.2) is 30.3 Å². The van der Waals surface area contributed by atoms with E-state index in [-0.39, 0.29) is 11.9 Å². The van der Waals surface area contributed by atoms with Crippen LogP contribution in [0.2, 0.25) is 0 Å². The summed E-state index contributed by atoms with van der Waals surface area (Å²) in [6.07, 6.45) is 0.957. The van der Waals surface area contributed by atoms with Crippen molar-refractivity contribution >= 4 is 11.9 Å². The van der Waals surface area contributed by atoms with E-state index in [1.807, 2.05) is 49.1 Å². The van der Waals surface area contributed by atoms with Gasteiger partial charge in [-0.25, -0.2) is 0 Å². The van der Waals surface area contributed by atoms with Crippen LogP contribution in [0, 0.1) is 0 Å². The quantitative estimate of drug-likeness (QED) is 0.690. The van der Waals surface area contributed by atoms with Crippen LogP contribution in [0.5, 0.6) is 0 Å². The van der Waals surface area contributed by atoms with Crippen molar-refractivity contribution in [3.63, 3.8) is 0 Å². The van der Waals surface area contributed by atoms with Crippen LogP contribution < -0.4 is 0 Å². The van der Waals surface area contributed by atoms with E-state index >= 15 is 0 Å². The average Bonchev–Trinajstić information content (AvgIpc) is 2.53. The van der Waals surface area contributed by atoms with Crippen molar-refractivity contribution in [3.8, 4) is 0 Å². The van der Waals surface area contributed by atoms with Crippen molar-refractivity contribution in [1.29, 1.82) is 0 Å². The highest BCUT2D eigenvalue weighted by molar-refractivity contribution is 5.79. The number of carbonyl (C=O) groups excluding carboxylic acids is 2. The number of rotatable bonds is 8. The molecule has 22 heavy (non-hydrogen) atoms. The summed E-state index contributed by atoms with van der Waals surface area (Å²) in [5, 5.41) is 0. The molecular formula is C17H25NO4. The fourth-order valence-electron chi connectivity index (χ4n) is 2.26. The van der Waals surface area contributed by atoms with Gasteiger partial charge in [0, 0.05) is 19.5 Å². The lowest BCUT2D eigenvalue weighted by Gasteiger charge is -2.36. The Morgan fingerprint density at radius 1 is 1.09 bits per heavy atom. The maximum absolute atomic E-state index is 12.1. The molecule has 0 bridgehead atoms. The molecular weight excluding hydrogens is 282 g/mol. The van der Waals surface area contributed by atoms with Crippen molar-refractivity contribution in [2.75, 3.05) is 20.8 Å². The van der Waals surface area contributed by atoms with E-state index in [4.69, 9.17) is 4.74 Å². The first kappa shape index (κ1) is 18.2. The maximum Gasteiger partial charge on any atom is 0.325 e. The average molecular weight is 307 g/mol. The SMILES string of the molecule is COC(=O)CCCN(Cc1ccccc1)C(C)(C)C(=O)OC. The van der Waals surface area contributed by atoms with Gasteiger partial charge in [0.25, 0.3) is 0 Å². The summed E-state index contributed by atoms with van der Waals surface area (Å²) in [4.78, 5) is 25.3. The van der Waals surface area contributed by atoms with Crippen molar-refractivity contribution in [2.45, 2.75) is 38.8 Å². The van der Waals surface area contributed by atoms with E-state index in [9.17, 15) is 9.59 Å². The third kappa shape index (κ3) is 5.15. The molecule has 0 unspecified atom stereocenters. The summed E-state index contributed by atoms with van der Waals surface area (Å²) < 4.78 is 9.57. The van der Waals surface area contributed by atoms with Crippen molar-refractivity contribution in [3.05, 3.63) is 35.9 Å². The Bertz CT molecular complexity index is 485. The normalized spacial score (nSPS) is 11.3. The molecule has 0 atom stereocenters. The summed E-state index contributed by atoms with van der Waals surface area (Å²) >= 11 is 0. The third-order valence-electron chi connectivity index (χ3n) is 3.73. The fraction of sp³-hybridized carbons (Fsp3) is 0.529. The minimum atomic E-state index is -0.763. The van der Waals surface area contributed by atoms with Gasteiger partial charge in [-0.15, -0.1) is 0 Å². The Hall–Kier alpha value is -1.88. The monoisotopic (exact) mass is 307 g/mol. The van der Waals surface area contributed by atoms with Gasteiger partial charge in [-0.2, -0.15) is 0 Å². The number of hydrogen-bond donors (Lipinski definition) is 0. The second-order valence-electron chi connectivity index (χ2n) is 5.64. The number of benzene rings is 1. The number of esters is 2. The summed E-state index contributed by atoms with van der Waals surface area (Å²) in [5.41, 5.74) is 0.346. The summed E-state index contributed by atoms with van der Waals surface area (Å²) in [5.74, 6) is -0.531. The molecule has 122 valence electrons. The Morgan fingerprint density at radius 3 is 2.27 bits per heavy atom. The smallest absolute Gasteiger partial charge is 0.325 e. The molecule has 0 aliphatic heterocycles. The van der Waals surface area contributed by atoms with E-state index in [0.29, 0.717) is 25.9 Å². The van der Waals surface area contributed by atoms with Gasteiger partial charge in [0.15, 0.2) is 0 Å². The molecule has 0 saturated heterocycles. The van der Waals surface area contributed by atoms with E-state index in [1.165, 1.54) is 14.2 Å². The molecule has 0 aliphatic rings. The molecule has 1 aromatic carbocycles. The number of hydrogen-bond acceptors (Lipinski definition) is 5. The van der Waals surface area contributed by atoms with Gasteiger partial charge in [-0.05, 0) is 25.8 Å². The summed E-state index contributed by atoms with van der Waals surface area (Å²) in [6, 6.07) is 9.91. The zero-order valence-corrected chi connectivity index (χ0v) is 13.8. The van der Waals surface area contributed by atoms with Gasteiger partial charge >= 0.3 is 11.9 Å². The highest BCUT2D eigenvalue weighted by Crippen LogP contribution is 2.20. The highest BCUT2D eigenvalue weighted by atomic mass is 16.5. The predicted molar refractivity (Wildman–Crippen MR) is 84.2 cm³/mol. The predicted octanol–water partition coefficient (Wildman–Crippen LogP) is 2.39. The number of nitrogens with zero attached hydrogens (tertiary/aromatic N) is 1. The topological polar surface area (TPSA) is 55.8 Å². The van der Waals surface area contributed by atoms with Crippen LogP contribution in [-0.2, 0) is 25.6 Å². The van der Waals surface area contributed by atoms with E-state index in [1.54, 1.807) is 0 Å². The maximum atomic E-state index is 12.1. The number of ether oxygens (including phenoxy) is 2. The molecule has 0 saturated carbocycles. The first-order valence-corrected chi connectivity index (χ1v) is 7.36. The van der Waals surface area contributed by atoms with Crippen LogP contribution in [0.25, 0.3) is 0 Å². The minimum absolute atomic E-state index is 0.240. The van der Waals surface area contributed by atoms with Gasteiger partial charge in [0.1, 0.15) is 5.54 Å². The second-order valence-corrected chi connectivity index (χ2v) is 5.64. The molecule has 1 aromatic rings. The Kier molecular flexibility index (Phi) is 7.05. The van der Waals surface area contributed by atoms with Gasteiger partial charge in [-0.3, -0.25) is 14.5 Å². The first-order valence-electron chi connectivity index (χ1n) is 7.36. The van der Waals surface area contributed by atoms with Gasteiger partial charge < -0.3 is 9.47 Å². The molecule has 0 aromatic heterocycles. The zero-order valence-electron chi connectivity index (χ0n) is 13.8. The number of carbonyl (C=O) groups is 2. The molecule has 0 N–H and O–H groups in total. The molecule has 0 radical (unpaired) electrons. The van der Waals surface area contributed by atoms with E-state index in [2.05, 4.69) is 4.74 Å². The molecule has 5 nitrogen and oxygen atoms in total. The lowest BCUT2D eigenvalue weighted by molar-refractivity contribution is -0.153. The molecule has 0 heterocycles. The van der Waals surface area contributed by atoms with Crippen LogP contribution in [-0.4, -0.2) is 43.1 Å². The van der Waals surface area contributed by atoms with Crippen molar-refractivity contribution in [1.82, 2.24) is 4.90 Å². The van der Waals surface area contributed by atoms with Crippen LogP contribution in [0.1, 0.15) is 32.3 Å². The van der Waals surface area contributed by atoms with Crippen LogP contribution in [0.3, 0.4) is 0 Å². The van der Waals surface area contributed by atoms with E-state index in [0.717, 1.165) is 5.56 Å². The highest BCUT2D eigenvalue weighted by Gasteiger charge is 2.35. The van der Waals surface area contributed by atoms with E-state index < -0.39 is 5.54 Å². The molecule has 5 heteroatoms. The van der Waals surface area contributed by atoms with Crippen molar-refractivity contribution < 1.29 is 19.1 Å². The van der Waals surface area contributed by atoms with Crippen LogP contribution >= 0.6 is 0 Å². The minimum Gasteiger partial charge on any atom is -0.469 e. The molecule has 0 fully saturated rings. The molecule has 0 spiro atoms. The second kappa shape index (κ2) is 8.54. The largest absolute Gasteiger partial charge is 0.469 e. The Balaban J connectivity index is 2.80. The lowest BCUT2D eigenvalue weighted by atomic mass is 10.0. The zero-order chi connectivity index (χ0) is 16.6. The van der Waals surface area contributed by atoms with Gasteiger partial charge in [0.2, 0.25) is 0 Å². The molecule has 1 rings (SSSR count). The summed E-state index contributed by atoms with van der Waals surface area (Å²) in [6.45, 7) is 4.88. The van der Waals surface area contributed by atoms with Gasteiger partial charge in [0.05, 0.1) is 14.2 Å². The molecule has 0 aliphatic carbocycles. The Morgan fingerprint density at radius 2 is 1.73 bits per heavy atom. The van der Waals surface area contributed by atoms with Crippen LogP contribution in [0.4, 0.5) is 0 Å². The standard InChI is InChI=1S/C17H25NO4/c1-17(2,16(20)22-4)18(12-8-11-15(19)21-3)13-14-9-6-5-7-10-14/h5-7,9-10H,8,11-13H2,1-4H3. The summed E-state index contributed by atoms with van der Waals surface area (Å²) in [7, 11) is 2.77. The first-order chi connectivity index (χ1) is 10.4. The molecule has 0 amide bonds. The third-order valence-corrected chi connectivity index (χ3v) is 3.73. The number of methoxy groups -OCH3 is 2. The van der Waals surface area contributed by atoms with Crippen molar-refractivity contribution in [2.24, 2.45) is 0 Å². The Labute approximate surface area is 132 Å². The fourth-order valence-corrected chi connectivity index (χ4v) is 2.26.